The van der Waals surface area contributed by atoms with Crippen LogP contribution in [0.3, 0.4) is 0 Å². The van der Waals surface area contributed by atoms with Crippen LogP contribution in [0.4, 0.5) is 18.9 Å². The van der Waals surface area contributed by atoms with Gasteiger partial charge in [-0.1, -0.05) is 6.07 Å². The van der Waals surface area contributed by atoms with Crippen LogP contribution in [0.25, 0.3) is 0 Å². The van der Waals surface area contributed by atoms with Gasteiger partial charge in [0.15, 0.2) is 0 Å². The van der Waals surface area contributed by atoms with E-state index in [0.29, 0.717) is 5.69 Å². The van der Waals surface area contributed by atoms with Crippen molar-refractivity contribution in [2.75, 3.05) is 5.43 Å². The minimum absolute atomic E-state index is 0.300. The van der Waals surface area contributed by atoms with Gasteiger partial charge in [-0.05, 0) is 12.1 Å². The Morgan fingerprint density at radius 2 is 2.07 bits per heavy atom. The fraction of sp³-hybridized carbons (Fsp3) is 0.125. The standard InChI is InChI=1S/C8H7F3N2O/c1-12-13-6-3-2-4-7(5-6)14-8(9,10)11/h2-5,13H,1H2. The number of rotatable bonds is 3. The van der Waals surface area contributed by atoms with E-state index in [0.717, 1.165) is 0 Å². The predicted octanol–water partition coefficient (Wildman–Crippen LogP) is 2.61. The number of alkyl halides is 3. The van der Waals surface area contributed by atoms with Crippen molar-refractivity contribution in [3.8, 4) is 5.75 Å². The number of halogens is 3. The number of hydrogen-bond donors (Lipinski definition) is 1. The number of ether oxygens (including phenoxy) is 1. The van der Waals surface area contributed by atoms with Crippen molar-refractivity contribution in [2.24, 2.45) is 5.10 Å². The highest BCUT2D eigenvalue weighted by molar-refractivity contribution is 5.48. The lowest BCUT2D eigenvalue weighted by Gasteiger charge is -2.09. The van der Waals surface area contributed by atoms with Gasteiger partial charge in [0, 0.05) is 12.8 Å². The Labute approximate surface area is 78.2 Å². The van der Waals surface area contributed by atoms with E-state index in [2.05, 4.69) is 22.0 Å². The van der Waals surface area contributed by atoms with Crippen LogP contribution in [0.1, 0.15) is 0 Å². The molecule has 0 saturated carbocycles. The predicted molar refractivity (Wildman–Crippen MR) is 46.3 cm³/mol. The molecule has 0 amide bonds. The van der Waals surface area contributed by atoms with Crippen molar-refractivity contribution in [1.29, 1.82) is 0 Å². The van der Waals surface area contributed by atoms with Gasteiger partial charge in [0.05, 0.1) is 5.69 Å². The molecule has 0 aliphatic rings. The molecule has 0 aliphatic carbocycles. The minimum atomic E-state index is -4.68. The summed E-state index contributed by atoms with van der Waals surface area (Å²) in [6, 6.07) is 5.32. The molecule has 14 heavy (non-hydrogen) atoms. The molecule has 0 spiro atoms. The molecular weight excluding hydrogens is 197 g/mol. The molecule has 0 heterocycles. The van der Waals surface area contributed by atoms with Gasteiger partial charge >= 0.3 is 6.36 Å². The third-order valence-corrected chi connectivity index (χ3v) is 1.28. The molecule has 0 aromatic heterocycles. The summed E-state index contributed by atoms with van der Waals surface area (Å²) >= 11 is 0. The van der Waals surface area contributed by atoms with Crippen molar-refractivity contribution >= 4 is 12.4 Å². The third-order valence-electron chi connectivity index (χ3n) is 1.28. The molecule has 76 valence electrons. The molecule has 0 unspecified atom stereocenters. The lowest BCUT2D eigenvalue weighted by atomic mass is 10.3. The van der Waals surface area contributed by atoms with Crippen LogP contribution in [0.15, 0.2) is 29.4 Å². The molecule has 0 radical (unpaired) electrons. The van der Waals surface area contributed by atoms with Crippen molar-refractivity contribution in [3.63, 3.8) is 0 Å². The van der Waals surface area contributed by atoms with Gasteiger partial charge < -0.3 is 4.74 Å². The van der Waals surface area contributed by atoms with E-state index in [9.17, 15) is 13.2 Å². The zero-order valence-corrected chi connectivity index (χ0v) is 7.01. The van der Waals surface area contributed by atoms with E-state index in [-0.39, 0.29) is 5.75 Å². The largest absolute Gasteiger partial charge is 0.573 e. The Bertz CT molecular complexity index is 325. The fourth-order valence-corrected chi connectivity index (χ4v) is 0.854. The van der Waals surface area contributed by atoms with Gasteiger partial charge in [0.2, 0.25) is 0 Å². The first-order chi connectivity index (χ1) is 6.51. The first-order valence-electron chi connectivity index (χ1n) is 3.59. The quantitative estimate of drug-likeness (QED) is 0.606. The smallest absolute Gasteiger partial charge is 0.406 e. The molecule has 1 aromatic rings. The number of hydrogen-bond acceptors (Lipinski definition) is 3. The van der Waals surface area contributed by atoms with Crippen LogP contribution >= 0.6 is 0 Å². The average Bonchev–Trinajstić information content (AvgIpc) is 2.02. The summed E-state index contributed by atoms with van der Waals surface area (Å²) < 4.78 is 39.0. The van der Waals surface area contributed by atoms with Gasteiger partial charge in [0.25, 0.3) is 0 Å². The second-order valence-corrected chi connectivity index (χ2v) is 2.35. The maximum atomic E-state index is 11.8. The van der Waals surface area contributed by atoms with Crippen LogP contribution in [0, 0.1) is 0 Å². The Hall–Kier alpha value is -1.72. The topological polar surface area (TPSA) is 33.6 Å². The Kier molecular flexibility index (Phi) is 2.95. The summed E-state index contributed by atoms with van der Waals surface area (Å²) in [5, 5.41) is 3.31. The van der Waals surface area contributed by atoms with Crippen molar-refractivity contribution < 1.29 is 17.9 Å². The van der Waals surface area contributed by atoms with E-state index in [1.807, 2.05) is 0 Å². The SMILES string of the molecule is C=NNc1cccc(OC(F)(F)F)c1. The zero-order chi connectivity index (χ0) is 10.6. The van der Waals surface area contributed by atoms with Crippen LogP contribution in [0.5, 0.6) is 5.75 Å². The molecule has 1 aromatic carbocycles. The summed E-state index contributed by atoms with van der Waals surface area (Å²) in [6.45, 7) is 3.14. The summed E-state index contributed by atoms with van der Waals surface area (Å²) in [5.74, 6) is -0.300. The Morgan fingerprint density at radius 3 is 2.64 bits per heavy atom. The van der Waals surface area contributed by atoms with Crippen LogP contribution in [-0.2, 0) is 0 Å². The highest BCUT2D eigenvalue weighted by atomic mass is 19.4. The van der Waals surface area contributed by atoms with E-state index in [4.69, 9.17) is 0 Å². The van der Waals surface area contributed by atoms with Crippen LogP contribution in [-0.4, -0.2) is 13.1 Å². The molecule has 3 nitrogen and oxygen atoms in total. The molecule has 1 N–H and O–H groups in total. The highest BCUT2D eigenvalue weighted by Gasteiger charge is 2.31. The number of anilines is 1. The molecule has 0 atom stereocenters. The highest BCUT2D eigenvalue weighted by Crippen LogP contribution is 2.24. The number of nitrogens with one attached hydrogen (secondary N) is 1. The molecule has 0 fully saturated rings. The van der Waals surface area contributed by atoms with E-state index < -0.39 is 6.36 Å². The second-order valence-electron chi connectivity index (χ2n) is 2.35. The first-order valence-corrected chi connectivity index (χ1v) is 3.59. The Balaban J connectivity index is 2.78. The zero-order valence-electron chi connectivity index (χ0n) is 7.01. The molecule has 0 bridgehead atoms. The van der Waals surface area contributed by atoms with Gasteiger partial charge in [0.1, 0.15) is 5.75 Å². The van der Waals surface area contributed by atoms with Crippen LogP contribution in [0.2, 0.25) is 0 Å². The van der Waals surface area contributed by atoms with Gasteiger partial charge in [-0.2, -0.15) is 5.10 Å². The lowest BCUT2D eigenvalue weighted by Crippen LogP contribution is -2.17. The summed E-state index contributed by atoms with van der Waals surface area (Å²) in [7, 11) is 0. The Morgan fingerprint density at radius 1 is 1.36 bits per heavy atom. The molecule has 1 rings (SSSR count). The molecule has 0 aliphatic heterocycles. The molecular formula is C8H7F3N2O. The lowest BCUT2D eigenvalue weighted by molar-refractivity contribution is -0.274. The average molecular weight is 204 g/mol. The second kappa shape index (κ2) is 3.99. The van der Waals surface area contributed by atoms with Crippen molar-refractivity contribution in [2.45, 2.75) is 6.36 Å². The van der Waals surface area contributed by atoms with Gasteiger partial charge in [-0.25, -0.2) is 0 Å². The summed E-state index contributed by atoms with van der Waals surface area (Å²) in [4.78, 5) is 0. The van der Waals surface area contributed by atoms with E-state index in [1.54, 1.807) is 0 Å². The maximum Gasteiger partial charge on any atom is 0.573 e. The third kappa shape index (κ3) is 3.34. The summed E-state index contributed by atoms with van der Waals surface area (Å²) in [5.41, 5.74) is 2.78. The maximum absolute atomic E-state index is 11.8. The number of hydrazone groups is 1. The van der Waals surface area contributed by atoms with E-state index in [1.165, 1.54) is 24.3 Å². The van der Waals surface area contributed by atoms with Crippen LogP contribution < -0.4 is 10.2 Å². The van der Waals surface area contributed by atoms with Gasteiger partial charge in [-0.15, -0.1) is 13.2 Å². The van der Waals surface area contributed by atoms with Gasteiger partial charge in [-0.3, -0.25) is 5.43 Å². The molecule has 6 heteroatoms. The monoisotopic (exact) mass is 204 g/mol. The summed E-state index contributed by atoms with van der Waals surface area (Å²) in [6.07, 6.45) is -4.68. The normalized spacial score (nSPS) is 10.8. The minimum Gasteiger partial charge on any atom is -0.406 e. The molecule has 0 saturated heterocycles. The first kappa shape index (κ1) is 10.4. The fourth-order valence-electron chi connectivity index (χ4n) is 0.854. The number of nitrogens with zero attached hydrogens (tertiary/aromatic N) is 1. The van der Waals surface area contributed by atoms with Crippen molar-refractivity contribution in [1.82, 2.24) is 0 Å². The number of benzene rings is 1. The van der Waals surface area contributed by atoms with Crippen molar-refractivity contribution in [3.05, 3.63) is 24.3 Å². The van der Waals surface area contributed by atoms with E-state index >= 15 is 0 Å².